The summed E-state index contributed by atoms with van der Waals surface area (Å²) in [6.07, 6.45) is 1.60. The maximum atomic E-state index is 11.3. The fourth-order valence-corrected chi connectivity index (χ4v) is 2.13. The van der Waals surface area contributed by atoms with Gasteiger partial charge >= 0.3 is 5.97 Å². The molecule has 1 saturated heterocycles. The molecule has 21 heavy (non-hydrogen) atoms. The number of hydrogen-bond acceptors (Lipinski definition) is 7. The zero-order chi connectivity index (χ0) is 15.2. The number of morpholine rings is 1. The number of methoxy groups -OCH3 is 1. The summed E-state index contributed by atoms with van der Waals surface area (Å²) in [7, 11) is 1.38. The van der Waals surface area contributed by atoms with Gasteiger partial charge in [0.25, 0.3) is 0 Å². The second-order valence-corrected chi connectivity index (χ2v) is 5.10. The van der Waals surface area contributed by atoms with Crippen LogP contribution < -0.4 is 9.64 Å². The Bertz CT molecular complexity index is 481. The Morgan fingerprint density at radius 1 is 1.52 bits per heavy atom. The molecular weight excluding hydrogens is 274 g/mol. The van der Waals surface area contributed by atoms with E-state index < -0.39 is 0 Å². The summed E-state index contributed by atoms with van der Waals surface area (Å²) in [6.45, 7) is 5.75. The van der Waals surface area contributed by atoms with Crippen molar-refractivity contribution in [1.29, 1.82) is 0 Å². The van der Waals surface area contributed by atoms with Gasteiger partial charge in [0.05, 0.1) is 32.3 Å². The maximum absolute atomic E-state index is 11.3. The molecule has 2 heterocycles. The van der Waals surface area contributed by atoms with Gasteiger partial charge in [0.1, 0.15) is 12.1 Å². The Labute approximate surface area is 124 Å². The van der Waals surface area contributed by atoms with Gasteiger partial charge in [-0.25, -0.2) is 9.97 Å². The summed E-state index contributed by atoms with van der Waals surface area (Å²) in [5.41, 5.74) is 0. The van der Waals surface area contributed by atoms with E-state index >= 15 is 0 Å². The highest BCUT2D eigenvalue weighted by Gasteiger charge is 2.24. The van der Waals surface area contributed by atoms with Crippen LogP contribution in [0.4, 0.5) is 5.82 Å². The van der Waals surface area contributed by atoms with Gasteiger partial charge in [0.15, 0.2) is 0 Å². The van der Waals surface area contributed by atoms with Crippen LogP contribution in [-0.2, 0) is 14.3 Å². The van der Waals surface area contributed by atoms with Crippen molar-refractivity contribution in [2.24, 2.45) is 0 Å². The standard InChI is InChI=1S/C14H21N3O4/c1-10(2)21-13-7-12(15-9-16-13)17-4-5-20-11(8-17)6-14(18)19-3/h7,9-11H,4-6,8H2,1-3H3. The Hall–Kier alpha value is -1.89. The molecule has 0 aromatic carbocycles. The summed E-state index contributed by atoms with van der Waals surface area (Å²) < 4.78 is 15.8. The van der Waals surface area contributed by atoms with Gasteiger partial charge in [-0.3, -0.25) is 4.79 Å². The fourth-order valence-electron chi connectivity index (χ4n) is 2.13. The minimum atomic E-state index is -0.270. The summed E-state index contributed by atoms with van der Waals surface area (Å²) in [5, 5.41) is 0. The van der Waals surface area contributed by atoms with Crippen LogP contribution in [0.1, 0.15) is 20.3 Å². The van der Waals surface area contributed by atoms with Crippen molar-refractivity contribution in [1.82, 2.24) is 9.97 Å². The van der Waals surface area contributed by atoms with Crippen LogP contribution >= 0.6 is 0 Å². The van der Waals surface area contributed by atoms with Gasteiger partial charge < -0.3 is 19.1 Å². The first-order valence-corrected chi connectivity index (χ1v) is 7.00. The third kappa shape index (κ3) is 4.56. The topological polar surface area (TPSA) is 73.8 Å². The lowest BCUT2D eigenvalue weighted by molar-refractivity contribution is -0.144. The van der Waals surface area contributed by atoms with E-state index in [1.807, 2.05) is 13.8 Å². The van der Waals surface area contributed by atoms with Crippen molar-refractivity contribution >= 4 is 11.8 Å². The number of aromatic nitrogens is 2. The molecule has 1 aromatic rings. The van der Waals surface area contributed by atoms with Gasteiger partial charge in [-0.2, -0.15) is 0 Å². The predicted octanol–water partition coefficient (Wildman–Crippen LogP) is 1.03. The SMILES string of the molecule is COC(=O)CC1CN(c2cc(OC(C)C)ncn2)CCO1. The van der Waals surface area contributed by atoms with E-state index in [-0.39, 0.29) is 24.6 Å². The number of carbonyl (C=O) groups is 1. The van der Waals surface area contributed by atoms with Crippen molar-refractivity contribution in [2.45, 2.75) is 32.5 Å². The summed E-state index contributed by atoms with van der Waals surface area (Å²) in [4.78, 5) is 21.8. The van der Waals surface area contributed by atoms with Crippen LogP contribution in [0, 0.1) is 0 Å². The third-order valence-electron chi connectivity index (χ3n) is 3.07. The van der Waals surface area contributed by atoms with E-state index in [0.29, 0.717) is 19.0 Å². The molecule has 1 aliphatic heterocycles. The normalized spacial score (nSPS) is 18.7. The minimum absolute atomic E-state index is 0.0597. The number of anilines is 1. The average molecular weight is 295 g/mol. The van der Waals surface area contributed by atoms with Crippen molar-refractivity contribution in [3.05, 3.63) is 12.4 Å². The van der Waals surface area contributed by atoms with Crippen LogP contribution in [0.3, 0.4) is 0 Å². The molecule has 0 amide bonds. The lowest BCUT2D eigenvalue weighted by atomic mass is 10.2. The Morgan fingerprint density at radius 2 is 2.33 bits per heavy atom. The molecule has 1 aromatic heterocycles. The van der Waals surface area contributed by atoms with Crippen LogP contribution in [0.25, 0.3) is 0 Å². The Morgan fingerprint density at radius 3 is 3.05 bits per heavy atom. The molecule has 116 valence electrons. The number of esters is 1. The van der Waals surface area contributed by atoms with E-state index in [1.165, 1.54) is 13.4 Å². The molecule has 1 fully saturated rings. The maximum Gasteiger partial charge on any atom is 0.308 e. The average Bonchev–Trinajstić information content (AvgIpc) is 2.47. The lowest BCUT2D eigenvalue weighted by Crippen LogP contribution is -2.43. The van der Waals surface area contributed by atoms with Crippen LogP contribution in [0.15, 0.2) is 12.4 Å². The molecule has 0 N–H and O–H groups in total. The van der Waals surface area contributed by atoms with Crippen molar-refractivity contribution in [3.63, 3.8) is 0 Å². The monoisotopic (exact) mass is 295 g/mol. The Kier molecular flexibility index (Phi) is 5.32. The third-order valence-corrected chi connectivity index (χ3v) is 3.07. The molecule has 2 rings (SSSR count). The predicted molar refractivity (Wildman–Crippen MR) is 76.4 cm³/mol. The smallest absolute Gasteiger partial charge is 0.308 e. The van der Waals surface area contributed by atoms with Crippen LogP contribution in [-0.4, -0.2) is 55.0 Å². The van der Waals surface area contributed by atoms with Gasteiger partial charge in [-0.1, -0.05) is 0 Å². The second kappa shape index (κ2) is 7.21. The van der Waals surface area contributed by atoms with Crippen molar-refractivity contribution in [2.75, 3.05) is 31.7 Å². The van der Waals surface area contributed by atoms with E-state index in [9.17, 15) is 4.79 Å². The number of hydrogen-bond donors (Lipinski definition) is 0. The van der Waals surface area contributed by atoms with Gasteiger partial charge in [-0.15, -0.1) is 0 Å². The largest absolute Gasteiger partial charge is 0.475 e. The molecule has 0 aliphatic carbocycles. The number of rotatable bonds is 5. The van der Waals surface area contributed by atoms with Crippen LogP contribution in [0.2, 0.25) is 0 Å². The number of nitrogens with zero attached hydrogens (tertiary/aromatic N) is 3. The van der Waals surface area contributed by atoms with Crippen molar-refractivity contribution in [3.8, 4) is 5.88 Å². The van der Waals surface area contributed by atoms with Crippen molar-refractivity contribution < 1.29 is 19.0 Å². The fraction of sp³-hybridized carbons (Fsp3) is 0.643. The van der Waals surface area contributed by atoms with E-state index in [1.54, 1.807) is 6.07 Å². The molecule has 1 aliphatic rings. The highest BCUT2D eigenvalue weighted by molar-refractivity contribution is 5.69. The zero-order valence-electron chi connectivity index (χ0n) is 12.6. The van der Waals surface area contributed by atoms with Gasteiger partial charge in [0, 0.05) is 19.2 Å². The van der Waals surface area contributed by atoms with Gasteiger partial charge in [0.2, 0.25) is 5.88 Å². The van der Waals surface area contributed by atoms with Gasteiger partial charge in [-0.05, 0) is 13.8 Å². The van der Waals surface area contributed by atoms with E-state index in [0.717, 1.165) is 12.4 Å². The molecule has 1 unspecified atom stereocenters. The quantitative estimate of drug-likeness (QED) is 0.751. The first-order chi connectivity index (χ1) is 10.1. The first-order valence-electron chi connectivity index (χ1n) is 7.00. The number of ether oxygens (including phenoxy) is 3. The molecule has 0 saturated carbocycles. The number of carbonyl (C=O) groups excluding carboxylic acids is 1. The highest BCUT2D eigenvalue weighted by Crippen LogP contribution is 2.20. The van der Waals surface area contributed by atoms with E-state index in [2.05, 4.69) is 19.6 Å². The minimum Gasteiger partial charge on any atom is -0.475 e. The molecule has 7 heteroatoms. The molecule has 0 spiro atoms. The molecule has 0 radical (unpaired) electrons. The first kappa shape index (κ1) is 15.5. The summed E-state index contributed by atoms with van der Waals surface area (Å²) in [5.74, 6) is 1.05. The molecular formula is C14H21N3O4. The second-order valence-electron chi connectivity index (χ2n) is 5.10. The summed E-state index contributed by atoms with van der Waals surface area (Å²) in [6, 6.07) is 1.81. The summed E-state index contributed by atoms with van der Waals surface area (Å²) >= 11 is 0. The van der Waals surface area contributed by atoms with E-state index in [4.69, 9.17) is 9.47 Å². The zero-order valence-corrected chi connectivity index (χ0v) is 12.6. The highest BCUT2D eigenvalue weighted by atomic mass is 16.5. The molecule has 1 atom stereocenters. The Balaban J connectivity index is 2.02. The van der Waals surface area contributed by atoms with Crippen LogP contribution in [0.5, 0.6) is 5.88 Å². The molecule has 7 nitrogen and oxygen atoms in total. The molecule has 0 bridgehead atoms. The lowest BCUT2D eigenvalue weighted by Gasteiger charge is -2.33.